The summed E-state index contributed by atoms with van der Waals surface area (Å²) in [5.41, 5.74) is 7.98. The Labute approximate surface area is 115 Å². The molecule has 0 aromatic carbocycles. The van der Waals surface area contributed by atoms with Gasteiger partial charge >= 0.3 is 0 Å². The van der Waals surface area contributed by atoms with Crippen molar-refractivity contribution < 1.29 is 4.74 Å². The van der Waals surface area contributed by atoms with Crippen molar-refractivity contribution in [3.8, 4) is 0 Å². The molecule has 5 nitrogen and oxygen atoms in total. The number of hydrogen-bond donors (Lipinski definition) is 1. The van der Waals surface area contributed by atoms with Gasteiger partial charge in [-0.25, -0.2) is 4.68 Å². The van der Waals surface area contributed by atoms with Crippen LogP contribution in [0.1, 0.15) is 38.4 Å². The van der Waals surface area contributed by atoms with Crippen molar-refractivity contribution in [2.75, 3.05) is 37.4 Å². The number of hydrogen-bond acceptors (Lipinski definition) is 4. The molecule has 0 amide bonds. The second-order valence-corrected chi connectivity index (χ2v) is 5.75. The molecule has 1 aromatic rings. The van der Waals surface area contributed by atoms with E-state index in [1.54, 1.807) is 7.11 Å². The molecule has 1 fully saturated rings. The molecule has 108 valence electrons. The van der Waals surface area contributed by atoms with E-state index in [9.17, 15) is 0 Å². The Kier molecular flexibility index (Phi) is 4.34. The summed E-state index contributed by atoms with van der Waals surface area (Å²) in [7, 11) is 1.78. The summed E-state index contributed by atoms with van der Waals surface area (Å²) in [4.78, 5) is 2.38. The maximum atomic E-state index is 6.22. The minimum atomic E-state index is 0.336. The summed E-state index contributed by atoms with van der Waals surface area (Å²) in [5, 5.41) is 4.57. The van der Waals surface area contributed by atoms with Crippen LogP contribution in [0.4, 0.5) is 11.5 Å². The van der Waals surface area contributed by atoms with Crippen molar-refractivity contribution in [2.24, 2.45) is 5.92 Å². The van der Waals surface area contributed by atoms with Gasteiger partial charge in [0.25, 0.3) is 0 Å². The van der Waals surface area contributed by atoms with E-state index < -0.39 is 0 Å². The number of rotatable bonds is 4. The monoisotopic (exact) mass is 266 g/mol. The van der Waals surface area contributed by atoms with Gasteiger partial charge in [-0.1, -0.05) is 0 Å². The number of aromatic nitrogens is 2. The predicted octanol–water partition coefficient (Wildman–Crippen LogP) is 2.22. The van der Waals surface area contributed by atoms with Crippen molar-refractivity contribution in [3.05, 3.63) is 5.69 Å². The van der Waals surface area contributed by atoms with Crippen LogP contribution >= 0.6 is 0 Å². The Morgan fingerprint density at radius 2 is 2.00 bits per heavy atom. The standard InChI is InChI=1S/C14H26N4O/c1-10(2)18-14(13(15)11(3)16-18)17-7-5-12(6-8-17)9-19-4/h10,12H,5-9,15H2,1-4H3. The molecule has 1 aliphatic rings. The normalized spacial score (nSPS) is 17.4. The number of ether oxygens (including phenoxy) is 1. The minimum absolute atomic E-state index is 0.336. The first kappa shape index (κ1) is 14.2. The topological polar surface area (TPSA) is 56.3 Å². The molecule has 1 aliphatic heterocycles. The Balaban J connectivity index is 2.15. The first-order valence-electron chi connectivity index (χ1n) is 7.13. The van der Waals surface area contributed by atoms with Gasteiger partial charge in [0, 0.05) is 32.8 Å². The molecule has 2 N–H and O–H groups in total. The molecular formula is C14H26N4O. The molecule has 1 saturated heterocycles. The SMILES string of the molecule is COCC1CCN(c2c(N)c(C)nn2C(C)C)CC1. The van der Waals surface area contributed by atoms with Gasteiger partial charge in [0.1, 0.15) is 0 Å². The first-order chi connectivity index (χ1) is 9.04. The minimum Gasteiger partial charge on any atom is -0.394 e. The summed E-state index contributed by atoms with van der Waals surface area (Å²) in [6.45, 7) is 9.22. The van der Waals surface area contributed by atoms with Crippen LogP contribution in [-0.2, 0) is 4.74 Å². The number of anilines is 2. The zero-order valence-electron chi connectivity index (χ0n) is 12.5. The second kappa shape index (κ2) is 5.82. The van der Waals surface area contributed by atoms with E-state index in [0.717, 1.165) is 49.7 Å². The van der Waals surface area contributed by atoms with Gasteiger partial charge in [0.15, 0.2) is 5.82 Å². The zero-order valence-corrected chi connectivity index (χ0v) is 12.5. The van der Waals surface area contributed by atoms with E-state index in [1.807, 2.05) is 6.92 Å². The first-order valence-corrected chi connectivity index (χ1v) is 7.13. The maximum Gasteiger partial charge on any atom is 0.150 e. The Bertz CT molecular complexity index is 419. The van der Waals surface area contributed by atoms with Gasteiger partial charge in [-0.05, 0) is 39.5 Å². The molecule has 0 radical (unpaired) electrons. The lowest BCUT2D eigenvalue weighted by atomic mass is 9.98. The number of nitrogens with two attached hydrogens (primary N) is 1. The summed E-state index contributed by atoms with van der Waals surface area (Å²) < 4.78 is 7.31. The highest BCUT2D eigenvalue weighted by Gasteiger charge is 2.25. The average Bonchev–Trinajstić information content (AvgIpc) is 2.68. The molecule has 1 aromatic heterocycles. The van der Waals surface area contributed by atoms with Crippen LogP contribution in [0.3, 0.4) is 0 Å². The smallest absolute Gasteiger partial charge is 0.150 e. The van der Waals surface area contributed by atoms with Crippen molar-refractivity contribution in [2.45, 2.75) is 39.7 Å². The third kappa shape index (κ3) is 2.86. The van der Waals surface area contributed by atoms with Crippen molar-refractivity contribution in [1.29, 1.82) is 0 Å². The molecule has 2 rings (SSSR count). The Hall–Kier alpha value is -1.23. The zero-order chi connectivity index (χ0) is 14.0. The van der Waals surface area contributed by atoms with Crippen molar-refractivity contribution >= 4 is 11.5 Å². The number of piperidine rings is 1. The maximum absolute atomic E-state index is 6.22. The third-order valence-electron chi connectivity index (χ3n) is 3.91. The molecule has 5 heteroatoms. The second-order valence-electron chi connectivity index (χ2n) is 5.75. The van der Waals surface area contributed by atoms with Crippen LogP contribution < -0.4 is 10.6 Å². The van der Waals surface area contributed by atoms with E-state index in [4.69, 9.17) is 10.5 Å². The molecule has 0 saturated carbocycles. The molecule has 0 unspecified atom stereocenters. The average molecular weight is 266 g/mol. The lowest BCUT2D eigenvalue weighted by molar-refractivity contribution is 0.139. The fourth-order valence-corrected chi connectivity index (χ4v) is 2.77. The fraction of sp³-hybridized carbons (Fsp3) is 0.786. The largest absolute Gasteiger partial charge is 0.394 e. The molecular weight excluding hydrogens is 240 g/mol. The lowest BCUT2D eigenvalue weighted by Crippen LogP contribution is -2.37. The molecule has 0 atom stereocenters. The predicted molar refractivity (Wildman–Crippen MR) is 78.6 cm³/mol. The number of methoxy groups -OCH3 is 1. The van der Waals surface area contributed by atoms with E-state index in [0.29, 0.717) is 12.0 Å². The van der Waals surface area contributed by atoms with Gasteiger partial charge in [0.05, 0.1) is 11.4 Å². The van der Waals surface area contributed by atoms with E-state index in [2.05, 4.69) is 28.5 Å². The van der Waals surface area contributed by atoms with Crippen LogP contribution in [0, 0.1) is 12.8 Å². The van der Waals surface area contributed by atoms with Crippen LogP contribution in [0.5, 0.6) is 0 Å². The molecule has 2 heterocycles. The van der Waals surface area contributed by atoms with Crippen LogP contribution in [-0.4, -0.2) is 36.6 Å². The van der Waals surface area contributed by atoms with Gasteiger partial charge in [0.2, 0.25) is 0 Å². The highest BCUT2D eigenvalue weighted by molar-refractivity contribution is 5.66. The molecule has 0 bridgehead atoms. The molecule has 0 spiro atoms. The van der Waals surface area contributed by atoms with E-state index in [-0.39, 0.29) is 0 Å². The lowest BCUT2D eigenvalue weighted by Gasteiger charge is -2.34. The van der Waals surface area contributed by atoms with Gasteiger partial charge < -0.3 is 15.4 Å². The summed E-state index contributed by atoms with van der Waals surface area (Å²) in [6.07, 6.45) is 2.32. The van der Waals surface area contributed by atoms with Gasteiger partial charge in [-0.2, -0.15) is 5.10 Å². The number of nitrogen functional groups attached to an aromatic ring is 1. The number of nitrogens with zero attached hydrogens (tertiary/aromatic N) is 3. The Morgan fingerprint density at radius 1 is 1.37 bits per heavy atom. The highest BCUT2D eigenvalue weighted by Crippen LogP contribution is 2.32. The van der Waals surface area contributed by atoms with Gasteiger partial charge in [-0.3, -0.25) is 0 Å². The van der Waals surface area contributed by atoms with Crippen LogP contribution in [0.2, 0.25) is 0 Å². The summed E-state index contributed by atoms with van der Waals surface area (Å²) in [5.74, 6) is 1.78. The highest BCUT2D eigenvalue weighted by atomic mass is 16.5. The number of aryl methyl sites for hydroxylation is 1. The van der Waals surface area contributed by atoms with Crippen molar-refractivity contribution in [3.63, 3.8) is 0 Å². The van der Waals surface area contributed by atoms with E-state index >= 15 is 0 Å². The van der Waals surface area contributed by atoms with Crippen LogP contribution in [0.15, 0.2) is 0 Å². The van der Waals surface area contributed by atoms with Crippen LogP contribution in [0.25, 0.3) is 0 Å². The molecule has 19 heavy (non-hydrogen) atoms. The Morgan fingerprint density at radius 3 is 2.53 bits per heavy atom. The molecule has 0 aliphatic carbocycles. The van der Waals surface area contributed by atoms with Gasteiger partial charge in [-0.15, -0.1) is 0 Å². The summed E-state index contributed by atoms with van der Waals surface area (Å²) in [6, 6.07) is 0.336. The fourth-order valence-electron chi connectivity index (χ4n) is 2.77. The summed E-state index contributed by atoms with van der Waals surface area (Å²) >= 11 is 0. The quantitative estimate of drug-likeness (QED) is 0.908. The third-order valence-corrected chi connectivity index (χ3v) is 3.91. The van der Waals surface area contributed by atoms with E-state index in [1.165, 1.54) is 0 Å². The van der Waals surface area contributed by atoms with Crippen molar-refractivity contribution in [1.82, 2.24) is 9.78 Å².